The second-order valence-corrected chi connectivity index (χ2v) is 4.81. The van der Waals surface area contributed by atoms with Crippen molar-refractivity contribution < 1.29 is 4.39 Å². The number of nitrogens with zero attached hydrogens (tertiary/aromatic N) is 1. The molecule has 0 aliphatic rings. The number of nitrogens with two attached hydrogens (primary N) is 1. The average Bonchev–Trinajstić information content (AvgIpc) is 2.43. The van der Waals surface area contributed by atoms with Gasteiger partial charge in [0.1, 0.15) is 5.82 Å². The second-order valence-electron chi connectivity index (χ2n) is 4.37. The maximum atomic E-state index is 13.7. The van der Waals surface area contributed by atoms with Crippen molar-refractivity contribution in [2.75, 3.05) is 0 Å². The minimum atomic E-state index is -0.268. The van der Waals surface area contributed by atoms with Crippen LogP contribution in [0.3, 0.4) is 0 Å². The molecule has 0 radical (unpaired) electrons. The molecule has 5 heteroatoms. The molecule has 1 heterocycles. The van der Waals surface area contributed by atoms with Gasteiger partial charge in [-0.15, -0.1) is 0 Å². The number of rotatable bonds is 5. The van der Waals surface area contributed by atoms with Crippen molar-refractivity contribution in [3.05, 3.63) is 64.7 Å². The van der Waals surface area contributed by atoms with E-state index in [9.17, 15) is 4.39 Å². The predicted octanol–water partition coefficient (Wildman–Crippen LogP) is 2.49. The van der Waals surface area contributed by atoms with E-state index >= 15 is 0 Å². The van der Waals surface area contributed by atoms with Crippen molar-refractivity contribution in [2.24, 2.45) is 5.84 Å². The highest BCUT2D eigenvalue weighted by molar-refractivity contribution is 6.30. The molecule has 0 spiro atoms. The molecule has 2 aromatic rings. The van der Waals surface area contributed by atoms with E-state index in [0.717, 1.165) is 5.56 Å². The Morgan fingerprint density at radius 2 is 2.16 bits per heavy atom. The van der Waals surface area contributed by atoms with Crippen molar-refractivity contribution in [1.82, 2.24) is 10.4 Å². The number of benzene rings is 1. The molecule has 0 amide bonds. The monoisotopic (exact) mass is 279 g/mol. The molecule has 1 unspecified atom stereocenters. The van der Waals surface area contributed by atoms with Gasteiger partial charge in [0.25, 0.3) is 0 Å². The van der Waals surface area contributed by atoms with Crippen LogP contribution in [0.4, 0.5) is 4.39 Å². The van der Waals surface area contributed by atoms with Gasteiger partial charge in [-0.05, 0) is 48.2 Å². The number of aromatic nitrogens is 1. The van der Waals surface area contributed by atoms with E-state index in [1.165, 1.54) is 12.1 Å². The lowest BCUT2D eigenvalue weighted by Gasteiger charge is -2.16. The Kier molecular flexibility index (Phi) is 4.85. The van der Waals surface area contributed by atoms with Gasteiger partial charge in [-0.2, -0.15) is 0 Å². The van der Waals surface area contributed by atoms with Crippen molar-refractivity contribution in [1.29, 1.82) is 0 Å². The first-order chi connectivity index (χ1) is 9.19. The van der Waals surface area contributed by atoms with Gasteiger partial charge in [-0.1, -0.05) is 17.7 Å². The molecule has 3 nitrogen and oxygen atoms in total. The van der Waals surface area contributed by atoms with E-state index in [2.05, 4.69) is 10.4 Å². The first-order valence-corrected chi connectivity index (χ1v) is 6.36. The van der Waals surface area contributed by atoms with Crippen LogP contribution in [-0.2, 0) is 12.8 Å². The molecule has 1 aromatic heterocycles. The van der Waals surface area contributed by atoms with Crippen LogP contribution in [0.5, 0.6) is 0 Å². The third-order valence-corrected chi connectivity index (χ3v) is 3.15. The van der Waals surface area contributed by atoms with Gasteiger partial charge in [0, 0.05) is 23.5 Å². The predicted molar refractivity (Wildman–Crippen MR) is 74.2 cm³/mol. The zero-order valence-corrected chi connectivity index (χ0v) is 11.1. The number of nitrogens with one attached hydrogen (secondary N) is 1. The second kappa shape index (κ2) is 6.61. The zero-order chi connectivity index (χ0) is 13.7. The molecule has 0 saturated carbocycles. The molecule has 0 aliphatic heterocycles. The van der Waals surface area contributed by atoms with E-state index in [-0.39, 0.29) is 11.9 Å². The first kappa shape index (κ1) is 13.9. The molecular weight excluding hydrogens is 265 g/mol. The summed E-state index contributed by atoms with van der Waals surface area (Å²) in [6, 6.07) is 8.29. The van der Waals surface area contributed by atoms with E-state index in [4.69, 9.17) is 17.4 Å². The zero-order valence-electron chi connectivity index (χ0n) is 10.3. The minimum Gasteiger partial charge on any atom is -0.271 e. The summed E-state index contributed by atoms with van der Waals surface area (Å²) < 4.78 is 13.7. The van der Waals surface area contributed by atoms with Crippen LogP contribution >= 0.6 is 11.6 Å². The van der Waals surface area contributed by atoms with Gasteiger partial charge < -0.3 is 0 Å². The Bertz CT molecular complexity index is 533. The van der Waals surface area contributed by atoms with Crippen molar-refractivity contribution >= 4 is 11.6 Å². The molecule has 1 aromatic carbocycles. The summed E-state index contributed by atoms with van der Waals surface area (Å²) in [6.07, 6.45) is 4.64. The highest BCUT2D eigenvalue weighted by atomic mass is 35.5. The smallest absolute Gasteiger partial charge is 0.126 e. The van der Waals surface area contributed by atoms with E-state index < -0.39 is 0 Å². The lowest BCUT2D eigenvalue weighted by Crippen LogP contribution is -2.38. The van der Waals surface area contributed by atoms with Crippen LogP contribution in [-0.4, -0.2) is 11.0 Å². The Balaban J connectivity index is 2.09. The van der Waals surface area contributed by atoms with Gasteiger partial charge in [-0.25, -0.2) is 4.39 Å². The number of hydrogen-bond donors (Lipinski definition) is 2. The molecule has 100 valence electrons. The van der Waals surface area contributed by atoms with Crippen molar-refractivity contribution in [2.45, 2.75) is 18.9 Å². The first-order valence-electron chi connectivity index (χ1n) is 5.98. The lowest BCUT2D eigenvalue weighted by molar-refractivity contribution is 0.506. The summed E-state index contributed by atoms with van der Waals surface area (Å²) in [6.45, 7) is 0. The Morgan fingerprint density at radius 1 is 1.32 bits per heavy atom. The molecule has 2 rings (SSSR count). The molecule has 19 heavy (non-hydrogen) atoms. The van der Waals surface area contributed by atoms with Crippen LogP contribution in [0.2, 0.25) is 5.02 Å². The molecule has 3 N–H and O–H groups in total. The summed E-state index contributed by atoms with van der Waals surface area (Å²) in [5.74, 6) is 5.26. The Labute approximate surface area is 116 Å². The fourth-order valence-corrected chi connectivity index (χ4v) is 2.15. The van der Waals surface area contributed by atoms with Crippen LogP contribution in [0, 0.1) is 5.82 Å². The van der Waals surface area contributed by atoms with Gasteiger partial charge in [-0.3, -0.25) is 16.3 Å². The standard InChI is InChI=1S/C14H15ClFN3/c15-12-3-4-14(16)11(7-12)8-13(19-17)6-10-2-1-5-18-9-10/h1-5,7,9,13,19H,6,8,17H2. The lowest BCUT2D eigenvalue weighted by atomic mass is 10.00. The SMILES string of the molecule is NNC(Cc1cccnc1)Cc1cc(Cl)ccc1F. The number of hydrazine groups is 1. The number of halogens is 2. The summed E-state index contributed by atoms with van der Waals surface area (Å²) in [7, 11) is 0. The minimum absolute atomic E-state index is 0.0721. The highest BCUT2D eigenvalue weighted by Crippen LogP contribution is 2.17. The summed E-state index contributed by atoms with van der Waals surface area (Å²) in [5, 5.41) is 0.522. The number of hydrogen-bond acceptors (Lipinski definition) is 3. The van der Waals surface area contributed by atoms with Gasteiger partial charge in [0.15, 0.2) is 0 Å². The van der Waals surface area contributed by atoms with Gasteiger partial charge in [0.05, 0.1) is 0 Å². The van der Waals surface area contributed by atoms with Crippen LogP contribution in [0.1, 0.15) is 11.1 Å². The summed E-state index contributed by atoms with van der Waals surface area (Å²) >= 11 is 5.88. The number of pyridine rings is 1. The maximum absolute atomic E-state index is 13.7. The van der Waals surface area contributed by atoms with Crippen molar-refractivity contribution in [3.8, 4) is 0 Å². The van der Waals surface area contributed by atoms with E-state index in [1.54, 1.807) is 18.5 Å². The van der Waals surface area contributed by atoms with Gasteiger partial charge in [0.2, 0.25) is 0 Å². The molecule has 0 saturated heterocycles. The summed E-state index contributed by atoms with van der Waals surface area (Å²) in [4.78, 5) is 4.05. The fraction of sp³-hybridized carbons (Fsp3) is 0.214. The molecule has 0 bridgehead atoms. The molecule has 0 fully saturated rings. The van der Waals surface area contributed by atoms with Crippen molar-refractivity contribution in [3.63, 3.8) is 0 Å². The van der Waals surface area contributed by atoms with Crippen LogP contribution < -0.4 is 11.3 Å². The molecular formula is C14H15ClFN3. The third-order valence-electron chi connectivity index (χ3n) is 2.91. The third kappa shape index (κ3) is 3.99. The quantitative estimate of drug-likeness (QED) is 0.653. The van der Waals surface area contributed by atoms with E-state index in [0.29, 0.717) is 23.4 Å². The molecule has 1 atom stereocenters. The highest BCUT2D eigenvalue weighted by Gasteiger charge is 2.12. The average molecular weight is 280 g/mol. The fourth-order valence-electron chi connectivity index (χ4n) is 1.96. The topological polar surface area (TPSA) is 50.9 Å². The van der Waals surface area contributed by atoms with Gasteiger partial charge >= 0.3 is 0 Å². The normalized spacial score (nSPS) is 12.4. The Morgan fingerprint density at radius 3 is 2.84 bits per heavy atom. The summed E-state index contributed by atoms with van der Waals surface area (Å²) in [5.41, 5.74) is 4.31. The Hall–Kier alpha value is -1.49. The largest absolute Gasteiger partial charge is 0.271 e. The van der Waals surface area contributed by atoms with Crippen LogP contribution in [0.25, 0.3) is 0 Å². The van der Waals surface area contributed by atoms with Crippen LogP contribution in [0.15, 0.2) is 42.7 Å². The molecule has 0 aliphatic carbocycles. The maximum Gasteiger partial charge on any atom is 0.126 e. The van der Waals surface area contributed by atoms with E-state index in [1.807, 2.05) is 12.1 Å².